The summed E-state index contributed by atoms with van der Waals surface area (Å²) in [7, 11) is 0. The quantitative estimate of drug-likeness (QED) is 0.862. The number of hydrogen-bond acceptors (Lipinski definition) is 5. The second kappa shape index (κ2) is 5.31. The van der Waals surface area contributed by atoms with Crippen LogP contribution in [0.15, 0.2) is 36.8 Å². The van der Waals surface area contributed by atoms with Gasteiger partial charge < -0.3 is 9.80 Å². The molecule has 0 atom stereocenters. The second-order valence-corrected chi connectivity index (χ2v) is 5.75. The predicted molar refractivity (Wildman–Crippen MR) is 82.7 cm³/mol. The van der Waals surface area contributed by atoms with E-state index in [0.717, 1.165) is 37.8 Å². The van der Waals surface area contributed by atoms with Gasteiger partial charge in [-0.1, -0.05) is 6.07 Å². The lowest BCUT2D eigenvalue weighted by Crippen LogP contribution is -2.46. The van der Waals surface area contributed by atoms with Crippen LogP contribution in [0, 0.1) is 0 Å². The van der Waals surface area contributed by atoms with E-state index in [4.69, 9.17) is 0 Å². The van der Waals surface area contributed by atoms with Crippen molar-refractivity contribution in [2.24, 2.45) is 0 Å². The highest BCUT2D eigenvalue weighted by atomic mass is 15.3. The fourth-order valence-corrected chi connectivity index (χ4v) is 3.15. The van der Waals surface area contributed by atoms with Crippen molar-refractivity contribution in [1.29, 1.82) is 0 Å². The molecule has 108 valence electrons. The summed E-state index contributed by atoms with van der Waals surface area (Å²) in [6.07, 6.45) is 7.98. The standard InChI is InChI=1S/C16H19N5/c1-2-6-17-14(5-1)13-11-21(12-13)16-15(18-7-8-19-16)20-9-3-4-10-20/h1-2,5-8,13H,3-4,9-12H2. The monoisotopic (exact) mass is 281 g/mol. The van der Waals surface area contributed by atoms with Gasteiger partial charge in [-0.05, 0) is 25.0 Å². The summed E-state index contributed by atoms with van der Waals surface area (Å²) in [5.74, 6) is 2.60. The number of hydrogen-bond donors (Lipinski definition) is 0. The van der Waals surface area contributed by atoms with Crippen molar-refractivity contribution in [2.75, 3.05) is 36.0 Å². The Bertz CT molecular complexity index is 603. The molecule has 2 saturated heterocycles. The first kappa shape index (κ1) is 12.6. The molecular formula is C16H19N5. The maximum absolute atomic E-state index is 4.57. The van der Waals surface area contributed by atoms with Crippen LogP contribution >= 0.6 is 0 Å². The topological polar surface area (TPSA) is 45.2 Å². The zero-order valence-electron chi connectivity index (χ0n) is 12.0. The molecule has 2 aliphatic rings. The van der Waals surface area contributed by atoms with Crippen LogP contribution in [0.25, 0.3) is 0 Å². The molecule has 0 saturated carbocycles. The molecule has 0 unspecified atom stereocenters. The second-order valence-electron chi connectivity index (χ2n) is 5.75. The van der Waals surface area contributed by atoms with Crippen LogP contribution < -0.4 is 9.80 Å². The molecule has 0 spiro atoms. The highest BCUT2D eigenvalue weighted by molar-refractivity contribution is 5.64. The van der Waals surface area contributed by atoms with E-state index in [-0.39, 0.29) is 0 Å². The molecule has 0 aliphatic carbocycles. The van der Waals surface area contributed by atoms with Crippen LogP contribution in [0.2, 0.25) is 0 Å². The van der Waals surface area contributed by atoms with Crippen LogP contribution in [-0.4, -0.2) is 41.1 Å². The van der Waals surface area contributed by atoms with Gasteiger partial charge in [0.15, 0.2) is 11.6 Å². The van der Waals surface area contributed by atoms with Gasteiger partial charge in [0.2, 0.25) is 0 Å². The molecule has 0 bridgehead atoms. The maximum atomic E-state index is 4.57. The Morgan fingerprint density at radius 1 is 0.810 bits per heavy atom. The lowest BCUT2D eigenvalue weighted by Gasteiger charge is -2.41. The van der Waals surface area contributed by atoms with Crippen molar-refractivity contribution in [2.45, 2.75) is 18.8 Å². The average Bonchev–Trinajstić information content (AvgIpc) is 3.02. The van der Waals surface area contributed by atoms with Crippen LogP contribution in [0.3, 0.4) is 0 Å². The minimum Gasteiger partial charge on any atom is -0.354 e. The molecule has 0 aromatic carbocycles. The molecule has 2 aromatic heterocycles. The van der Waals surface area contributed by atoms with Crippen LogP contribution in [0.4, 0.5) is 11.6 Å². The third kappa shape index (κ3) is 2.33. The summed E-state index contributed by atoms with van der Waals surface area (Å²) < 4.78 is 0. The number of nitrogens with zero attached hydrogens (tertiary/aromatic N) is 5. The average molecular weight is 281 g/mol. The van der Waals surface area contributed by atoms with E-state index < -0.39 is 0 Å². The molecule has 4 heterocycles. The molecule has 5 heteroatoms. The van der Waals surface area contributed by atoms with Gasteiger partial charge in [-0.15, -0.1) is 0 Å². The van der Waals surface area contributed by atoms with Gasteiger partial charge in [-0.2, -0.15) is 0 Å². The first-order chi connectivity index (χ1) is 10.4. The fourth-order valence-electron chi connectivity index (χ4n) is 3.15. The lowest BCUT2D eigenvalue weighted by atomic mass is 9.96. The summed E-state index contributed by atoms with van der Waals surface area (Å²) in [5, 5.41) is 0. The molecule has 4 rings (SSSR count). The molecular weight excluding hydrogens is 262 g/mol. The normalized spacial score (nSPS) is 18.9. The van der Waals surface area contributed by atoms with Crippen molar-refractivity contribution < 1.29 is 0 Å². The molecule has 21 heavy (non-hydrogen) atoms. The van der Waals surface area contributed by atoms with E-state index in [1.165, 1.54) is 18.5 Å². The highest BCUT2D eigenvalue weighted by Crippen LogP contribution is 2.34. The van der Waals surface area contributed by atoms with E-state index in [0.29, 0.717) is 5.92 Å². The summed E-state index contributed by atoms with van der Waals surface area (Å²) in [5.41, 5.74) is 1.18. The Morgan fingerprint density at radius 3 is 2.19 bits per heavy atom. The van der Waals surface area contributed by atoms with Crippen LogP contribution in [0.5, 0.6) is 0 Å². The zero-order valence-corrected chi connectivity index (χ0v) is 12.0. The molecule has 0 amide bonds. The fraction of sp³-hybridized carbons (Fsp3) is 0.438. The van der Waals surface area contributed by atoms with Crippen molar-refractivity contribution in [3.8, 4) is 0 Å². The largest absolute Gasteiger partial charge is 0.354 e. The van der Waals surface area contributed by atoms with E-state index in [1.54, 1.807) is 12.4 Å². The Labute approximate surface area is 124 Å². The number of aromatic nitrogens is 3. The highest BCUT2D eigenvalue weighted by Gasteiger charge is 2.33. The van der Waals surface area contributed by atoms with Crippen molar-refractivity contribution in [3.05, 3.63) is 42.5 Å². The molecule has 2 fully saturated rings. The Kier molecular flexibility index (Phi) is 3.18. The van der Waals surface area contributed by atoms with E-state index in [1.807, 2.05) is 12.3 Å². The van der Waals surface area contributed by atoms with Gasteiger partial charge in [-0.25, -0.2) is 9.97 Å². The Balaban J connectivity index is 1.51. The van der Waals surface area contributed by atoms with Gasteiger partial charge in [0, 0.05) is 56.4 Å². The van der Waals surface area contributed by atoms with Gasteiger partial charge in [-0.3, -0.25) is 4.98 Å². The van der Waals surface area contributed by atoms with Crippen molar-refractivity contribution in [1.82, 2.24) is 15.0 Å². The Morgan fingerprint density at radius 2 is 1.52 bits per heavy atom. The molecule has 0 radical (unpaired) electrons. The first-order valence-corrected chi connectivity index (χ1v) is 7.63. The number of rotatable bonds is 3. The first-order valence-electron chi connectivity index (χ1n) is 7.63. The molecule has 2 aromatic rings. The molecule has 0 N–H and O–H groups in total. The molecule has 2 aliphatic heterocycles. The van der Waals surface area contributed by atoms with Gasteiger partial charge >= 0.3 is 0 Å². The maximum Gasteiger partial charge on any atom is 0.172 e. The summed E-state index contributed by atoms with van der Waals surface area (Å²) >= 11 is 0. The SMILES string of the molecule is c1ccc(C2CN(c3nccnc3N3CCCC3)C2)nc1. The number of pyridine rings is 1. The third-order valence-electron chi connectivity index (χ3n) is 4.35. The van der Waals surface area contributed by atoms with Crippen LogP contribution in [0.1, 0.15) is 24.5 Å². The van der Waals surface area contributed by atoms with E-state index >= 15 is 0 Å². The van der Waals surface area contributed by atoms with Crippen molar-refractivity contribution >= 4 is 11.6 Å². The minimum atomic E-state index is 0.514. The van der Waals surface area contributed by atoms with Crippen molar-refractivity contribution in [3.63, 3.8) is 0 Å². The van der Waals surface area contributed by atoms with Gasteiger partial charge in [0.05, 0.1) is 0 Å². The predicted octanol–water partition coefficient (Wildman–Crippen LogP) is 2.08. The van der Waals surface area contributed by atoms with Crippen LogP contribution in [-0.2, 0) is 0 Å². The summed E-state index contributed by atoms with van der Waals surface area (Å²) in [6.45, 7) is 4.17. The molecule has 5 nitrogen and oxygen atoms in total. The van der Waals surface area contributed by atoms with Gasteiger partial charge in [0.1, 0.15) is 0 Å². The zero-order chi connectivity index (χ0) is 14.1. The summed E-state index contributed by atoms with van der Waals surface area (Å²) in [4.78, 5) is 18.3. The van der Waals surface area contributed by atoms with E-state index in [2.05, 4.69) is 36.9 Å². The van der Waals surface area contributed by atoms with Gasteiger partial charge in [0.25, 0.3) is 0 Å². The lowest BCUT2D eigenvalue weighted by molar-refractivity contribution is 0.508. The smallest absolute Gasteiger partial charge is 0.172 e. The third-order valence-corrected chi connectivity index (χ3v) is 4.35. The minimum absolute atomic E-state index is 0.514. The Hall–Kier alpha value is -2.17. The number of anilines is 2. The van der Waals surface area contributed by atoms with E-state index in [9.17, 15) is 0 Å². The summed E-state index contributed by atoms with van der Waals surface area (Å²) in [6, 6.07) is 6.14.